The number of nitrogens with one attached hydrogen (secondary N) is 2. The number of aryl methyl sites for hydroxylation is 2. The Morgan fingerprint density at radius 3 is 2.24 bits per heavy atom. The van der Waals surface area contributed by atoms with Crippen molar-refractivity contribution < 1.29 is 14.7 Å². The average Bonchev–Trinajstić information content (AvgIpc) is 2.41. The van der Waals surface area contributed by atoms with E-state index in [-0.39, 0.29) is 17.1 Å². The van der Waals surface area contributed by atoms with Gasteiger partial charge in [-0.25, -0.2) is 9.59 Å². The standard InChI is InChI=1S/C16H24N2O3/c1-6-16(5,7-2)18-15(21)17-13-11(4)8-10(3)9-12(13)14(19)20/h8-9H,6-7H2,1-5H3,(H,19,20)(H2,17,18,21). The number of aromatic carboxylic acids is 1. The highest BCUT2D eigenvalue weighted by atomic mass is 16.4. The van der Waals surface area contributed by atoms with Crippen LogP contribution >= 0.6 is 0 Å². The summed E-state index contributed by atoms with van der Waals surface area (Å²) in [6.07, 6.45) is 1.60. The van der Waals surface area contributed by atoms with Gasteiger partial charge in [-0.15, -0.1) is 0 Å². The molecule has 0 aliphatic heterocycles. The van der Waals surface area contributed by atoms with Crippen LogP contribution in [0.2, 0.25) is 0 Å². The number of rotatable bonds is 5. The Hall–Kier alpha value is -2.04. The van der Waals surface area contributed by atoms with E-state index in [0.717, 1.165) is 24.0 Å². The SMILES string of the molecule is CCC(C)(CC)NC(=O)Nc1c(C)cc(C)cc1C(=O)O. The Bertz CT molecular complexity index is 549. The number of urea groups is 1. The lowest BCUT2D eigenvalue weighted by atomic mass is 9.96. The van der Waals surface area contributed by atoms with Crippen molar-refractivity contribution in [3.8, 4) is 0 Å². The molecule has 3 N–H and O–H groups in total. The molecule has 21 heavy (non-hydrogen) atoms. The molecule has 0 unspecified atom stereocenters. The zero-order valence-electron chi connectivity index (χ0n) is 13.3. The highest BCUT2D eigenvalue weighted by molar-refractivity contribution is 6.01. The molecular weight excluding hydrogens is 268 g/mol. The summed E-state index contributed by atoms with van der Waals surface area (Å²) in [4.78, 5) is 23.5. The number of carbonyl (C=O) groups excluding carboxylic acids is 1. The van der Waals surface area contributed by atoms with Crippen LogP contribution in [-0.2, 0) is 0 Å². The molecule has 116 valence electrons. The van der Waals surface area contributed by atoms with Crippen molar-refractivity contribution in [1.29, 1.82) is 0 Å². The third-order valence-corrected chi connectivity index (χ3v) is 3.92. The van der Waals surface area contributed by atoms with E-state index in [2.05, 4.69) is 10.6 Å². The second-order valence-corrected chi connectivity index (χ2v) is 5.66. The predicted molar refractivity (Wildman–Crippen MR) is 84.0 cm³/mol. The number of carboxylic acid groups (broad SMARTS) is 1. The number of carboxylic acids is 1. The van der Waals surface area contributed by atoms with Gasteiger partial charge in [-0.3, -0.25) is 0 Å². The van der Waals surface area contributed by atoms with Crippen molar-refractivity contribution in [2.24, 2.45) is 0 Å². The monoisotopic (exact) mass is 292 g/mol. The summed E-state index contributed by atoms with van der Waals surface area (Å²) in [7, 11) is 0. The van der Waals surface area contributed by atoms with Crippen molar-refractivity contribution >= 4 is 17.7 Å². The fourth-order valence-electron chi connectivity index (χ4n) is 2.15. The minimum Gasteiger partial charge on any atom is -0.478 e. The van der Waals surface area contributed by atoms with Crippen molar-refractivity contribution in [1.82, 2.24) is 5.32 Å². The van der Waals surface area contributed by atoms with E-state index in [1.165, 1.54) is 0 Å². The van der Waals surface area contributed by atoms with Crippen LogP contribution in [0.3, 0.4) is 0 Å². The van der Waals surface area contributed by atoms with Crippen LogP contribution in [0.4, 0.5) is 10.5 Å². The second kappa shape index (κ2) is 6.61. The Morgan fingerprint density at radius 2 is 1.76 bits per heavy atom. The lowest BCUT2D eigenvalue weighted by molar-refractivity contribution is 0.0698. The van der Waals surface area contributed by atoms with Gasteiger partial charge in [0.25, 0.3) is 0 Å². The fraction of sp³-hybridized carbons (Fsp3) is 0.500. The van der Waals surface area contributed by atoms with E-state index in [0.29, 0.717) is 5.69 Å². The van der Waals surface area contributed by atoms with Gasteiger partial charge < -0.3 is 15.7 Å². The molecule has 0 aliphatic carbocycles. The molecule has 2 amide bonds. The second-order valence-electron chi connectivity index (χ2n) is 5.66. The molecule has 5 nitrogen and oxygen atoms in total. The van der Waals surface area contributed by atoms with E-state index in [1.54, 1.807) is 13.0 Å². The van der Waals surface area contributed by atoms with Gasteiger partial charge >= 0.3 is 12.0 Å². The summed E-state index contributed by atoms with van der Waals surface area (Å²) >= 11 is 0. The van der Waals surface area contributed by atoms with Crippen LogP contribution in [0.1, 0.15) is 55.1 Å². The first-order valence-corrected chi connectivity index (χ1v) is 7.16. The molecule has 0 aromatic heterocycles. The molecule has 0 spiro atoms. The van der Waals surface area contributed by atoms with Crippen LogP contribution in [0.25, 0.3) is 0 Å². The number of anilines is 1. The number of hydrogen-bond donors (Lipinski definition) is 3. The molecule has 0 saturated heterocycles. The molecule has 0 bridgehead atoms. The van der Waals surface area contributed by atoms with E-state index in [4.69, 9.17) is 0 Å². The van der Waals surface area contributed by atoms with E-state index in [9.17, 15) is 14.7 Å². The van der Waals surface area contributed by atoms with Crippen LogP contribution in [-0.4, -0.2) is 22.6 Å². The molecule has 0 fully saturated rings. The van der Waals surface area contributed by atoms with Crippen molar-refractivity contribution in [3.05, 3.63) is 28.8 Å². The van der Waals surface area contributed by atoms with Crippen LogP contribution in [0, 0.1) is 13.8 Å². The Labute approximate surface area is 125 Å². The molecule has 5 heteroatoms. The minimum atomic E-state index is -1.05. The number of benzene rings is 1. The summed E-state index contributed by atoms with van der Waals surface area (Å²) in [5, 5.41) is 14.9. The largest absolute Gasteiger partial charge is 0.478 e. The topological polar surface area (TPSA) is 78.4 Å². The molecule has 1 aromatic carbocycles. The number of amides is 2. The van der Waals surface area contributed by atoms with Gasteiger partial charge in [0, 0.05) is 5.54 Å². The Morgan fingerprint density at radius 1 is 1.19 bits per heavy atom. The summed E-state index contributed by atoms with van der Waals surface area (Å²) < 4.78 is 0. The molecule has 1 aromatic rings. The first-order valence-electron chi connectivity index (χ1n) is 7.16. The maximum atomic E-state index is 12.1. The van der Waals surface area contributed by atoms with Crippen LogP contribution < -0.4 is 10.6 Å². The van der Waals surface area contributed by atoms with Crippen LogP contribution in [0.5, 0.6) is 0 Å². The average molecular weight is 292 g/mol. The molecule has 0 radical (unpaired) electrons. The molecule has 0 heterocycles. The van der Waals surface area contributed by atoms with Crippen LogP contribution in [0.15, 0.2) is 12.1 Å². The van der Waals surface area contributed by atoms with Gasteiger partial charge in [-0.05, 0) is 50.8 Å². The maximum Gasteiger partial charge on any atom is 0.337 e. The van der Waals surface area contributed by atoms with Gasteiger partial charge in [-0.1, -0.05) is 19.9 Å². The zero-order chi connectivity index (χ0) is 16.2. The van der Waals surface area contributed by atoms with Gasteiger partial charge in [-0.2, -0.15) is 0 Å². The third-order valence-electron chi connectivity index (χ3n) is 3.92. The van der Waals surface area contributed by atoms with Crippen molar-refractivity contribution in [2.75, 3.05) is 5.32 Å². The lowest BCUT2D eigenvalue weighted by Gasteiger charge is -2.28. The van der Waals surface area contributed by atoms with Gasteiger partial charge in [0.1, 0.15) is 0 Å². The van der Waals surface area contributed by atoms with Gasteiger partial charge in [0.2, 0.25) is 0 Å². The lowest BCUT2D eigenvalue weighted by Crippen LogP contribution is -2.47. The smallest absolute Gasteiger partial charge is 0.337 e. The van der Waals surface area contributed by atoms with E-state index < -0.39 is 5.97 Å². The molecule has 0 aliphatic rings. The maximum absolute atomic E-state index is 12.1. The first-order chi connectivity index (χ1) is 9.72. The summed E-state index contributed by atoms with van der Waals surface area (Å²) in [6.45, 7) is 9.59. The van der Waals surface area contributed by atoms with Gasteiger partial charge in [0.05, 0.1) is 11.3 Å². The Kier molecular flexibility index (Phi) is 5.35. The van der Waals surface area contributed by atoms with Crippen molar-refractivity contribution in [2.45, 2.75) is 53.0 Å². The first kappa shape index (κ1) is 17.0. The Balaban J connectivity index is 3.03. The molecule has 0 atom stereocenters. The minimum absolute atomic E-state index is 0.109. The van der Waals surface area contributed by atoms with E-state index >= 15 is 0 Å². The van der Waals surface area contributed by atoms with E-state index in [1.807, 2.05) is 33.8 Å². The highest BCUT2D eigenvalue weighted by Gasteiger charge is 2.23. The zero-order valence-corrected chi connectivity index (χ0v) is 13.3. The summed E-state index contributed by atoms with van der Waals surface area (Å²) in [5.74, 6) is -1.05. The van der Waals surface area contributed by atoms with Crippen molar-refractivity contribution in [3.63, 3.8) is 0 Å². The fourth-order valence-corrected chi connectivity index (χ4v) is 2.15. The third kappa shape index (κ3) is 4.21. The number of carbonyl (C=O) groups is 2. The summed E-state index contributed by atoms with van der Waals surface area (Å²) in [5.41, 5.74) is 1.74. The summed E-state index contributed by atoms with van der Waals surface area (Å²) in [6, 6.07) is 3.03. The quantitative estimate of drug-likeness (QED) is 0.774. The molecule has 0 saturated carbocycles. The number of hydrogen-bond acceptors (Lipinski definition) is 2. The normalized spacial score (nSPS) is 11.1. The molecule has 1 rings (SSSR count). The highest BCUT2D eigenvalue weighted by Crippen LogP contribution is 2.23. The van der Waals surface area contributed by atoms with Gasteiger partial charge in [0.15, 0.2) is 0 Å². The predicted octanol–water partition coefficient (Wildman–Crippen LogP) is 3.70. The molecular formula is C16H24N2O3.